The molecule has 0 unspecified atom stereocenters. The summed E-state index contributed by atoms with van der Waals surface area (Å²) in [5.41, 5.74) is 3.08. The highest BCUT2D eigenvalue weighted by molar-refractivity contribution is 6.25. The Balaban J connectivity index is 1.18. The molecule has 4 aliphatic carbocycles. The molecule has 4 amide bonds. The number of carbonyl (C=O) groups excluding carboxylic acids is 4. The van der Waals surface area contributed by atoms with Gasteiger partial charge in [-0.1, -0.05) is 46.7 Å². The maximum atomic E-state index is 13.7. The van der Waals surface area contributed by atoms with Crippen molar-refractivity contribution in [3.05, 3.63) is 71.8 Å². The number of hydrogen-bond acceptors (Lipinski definition) is 8. The fourth-order valence-corrected chi connectivity index (χ4v) is 7.93. The number of amides is 4. The van der Waals surface area contributed by atoms with Crippen molar-refractivity contribution in [2.75, 3.05) is 9.80 Å². The summed E-state index contributed by atoms with van der Waals surface area (Å²) in [5, 5.41) is 24.5. The van der Waals surface area contributed by atoms with Crippen LogP contribution in [-0.4, -0.2) is 45.5 Å². The van der Waals surface area contributed by atoms with Crippen molar-refractivity contribution in [2.24, 2.45) is 57.7 Å². The van der Waals surface area contributed by atoms with Crippen LogP contribution in [0.2, 0.25) is 0 Å². The Morgan fingerprint density at radius 1 is 0.575 bits per heavy atom. The van der Waals surface area contributed by atoms with E-state index in [9.17, 15) is 19.2 Å². The van der Waals surface area contributed by atoms with Crippen LogP contribution in [0.4, 0.5) is 11.4 Å². The number of nitrogens with zero attached hydrogens (tertiary/aromatic N) is 4. The molecule has 0 spiro atoms. The third-order valence-corrected chi connectivity index (χ3v) is 9.73. The molecule has 2 heterocycles. The zero-order valence-corrected chi connectivity index (χ0v) is 21.7. The van der Waals surface area contributed by atoms with E-state index in [1.165, 1.54) is 9.80 Å². The Kier molecular flexibility index (Phi) is 5.16. The molecule has 202 valence electrons. The first-order valence-corrected chi connectivity index (χ1v) is 13.3. The topological polar surface area (TPSA) is 140 Å². The van der Waals surface area contributed by atoms with Crippen LogP contribution in [0.3, 0.4) is 0 Å². The molecule has 2 bridgehead atoms. The summed E-state index contributed by atoms with van der Waals surface area (Å²) in [6.07, 6.45) is 3.96. The van der Waals surface area contributed by atoms with Crippen LogP contribution in [0.25, 0.3) is 0 Å². The van der Waals surface area contributed by atoms with E-state index >= 15 is 0 Å². The predicted octanol–water partition coefficient (Wildman–Crippen LogP) is 3.06. The summed E-state index contributed by atoms with van der Waals surface area (Å²) < 4.78 is 0. The normalized spacial score (nSPS) is 34.2. The van der Waals surface area contributed by atoms with Crippen LogP contribution < -0.4 is 9.80 Å². The fraction of sp³-hybridized carbons (Fsp3) is 0.333. The molecular weight excluding hydrogens is 512 g/mol. The summed E-state index contributed by atoms with van der Waals surface area (Å²) in [7, 11) is 0. The zero-order valence-electron chi connectivity index (χ0n) is 21.7. The van der Waals surface area contributed by atoms with Crippen LogP contribution in [-0.2, 0) is 19.2 Å². The van der Waals surface area contributed by atoms with Gasteiger partial charge in [0.1, 0.15) is 0 Å². The molecule has 2 saturated carbocycles. The number of fused-ring (bicyclic) bond motifs is 1. The van der Waals surface area contributed by atoms with Crippen LogP contribution in [0.15, 0.2) is 71.0 Å². The van der Waals surface area contributed by atoms with E-state index in [4.69, 9.17) is 10.4 Å². The summed E-state index contributed by atoms with van der Waals surface area (Å²) in [5.74, 6) is -4.20. The SMILES string of the molecule is C/C(=N/O)c1ccc(N2C(=O)[C@@H]3[C@H](C2=O)[C@@H]2[C@@H]4C=C[C@@H]([C@@H]5C(=O)N(c6ccc(/C(C)=N/O)cc6)C(=O)[C@H]45)[C@H]32)cc1. The van der Waals surface area contributed by atoms with Gasteiger partial charge in [-0.25, -0.2) is 0 Å². The lowest BCUT2D eigenvalue weighted by Crippen LogP contribution is -2.63. The van der Waals surface area contributed by atoms with Gasteiger partial charge >= 0.3 is 0 Å². The first-order valence-electron chi connectivity index (χ1n) is 13.3. The molecule has 40 heavy (non-hydrogen) atoms. The second-order valence-electron chi connectivity index (χ2n) is 11.3. The highest BCUT2D eigenvalue weighted by Gasteiger charge is 2.75. The van der Waals surface area contributed by atoms with Gasteiger partial charge in [0.25, 0.3) is 0 Å². The average Bonchev–Trinajstić information content (AvgIpc) is 3.35. The maximum Gasteiger partial charge on any atom is 0.238 e. The lowest BCUT2D eigenvalue weighted by atomic mass is 9.40. The van der Waals surface area contributed by atoms with Crippen LogP contribution >= 0.6 is 0 Å². The predicted molar refractivity (Wildman–Crippen MR) is 143 cm³/mol. The van der Waals surface area contributed by atoms with E-state index in [-0.39, 0.29) is 47.3 Å². The first kappa shape index (κ1) is 24.4. The fourth-order valence-electron chi connectivity index (χ4n) is 7.93. The third-order valence-electron chi connectivity index (χ3n) is 9.73. The van der Waals surface area contributed by atoms with Gasteiger partial charge in [0.05, 0.1) is 46.5 Å². The molecule has 0 radical (unpaired) electrons. The van der Waals surface area contributed by atoms with Crippen molar-refractivity contribution in [1.82, 2.24) is 0 Å². The molecule has 2 aliphatic heterocycles. The molecule has 6 aliphatic rings. The molecule has 2 saturated heterocycles. The number of benzene rings is 2. The quantitative estimate of drug-likeness (QED) is 0.202. The lowest BCUT2D eigenvalue weighted by molar-refractivity contribution is -0.166. The minimum atomic E-state index is -0.568. The van der Waals surface area contributed by atoms with Crippen LogP contribution in [0.5, 0.6) is 0 Å². The Labute approximate surface area is 229 Å². The van der Waals surface area contributed by atoms with Gasteiger partial charge in [0.15, 0.2) is 0 Å². The number of oxime groups is 2. The van der Waals surface area contributed by atoms with E-state index in [1.807, 2.05) is 12.2 Å². The highest BCUT2D eigenvalue weighted by Crippen LogP contribution is 2.68. The largest absolute Gasteiger partial charge is 0.411 e. The van der Waals surface area contributed by atoms with E-state index in [1.54, 1.807) is 62.4 Å². The number of carbonyl (C=O) groups is 4. The lowest BCUT2D eigenvalue weighted by Gasteiger charge is -2.60. The Morgan fingerprint density at radius 3 is 1.23 bits per heavy atom. The smallest absolute Gasteiger partial charge is 0.238 e. The Hall–Kier alpha value is -4.60. The number of imide groups is 2. The number of hydrogen-bond donors (Lipinski definition) is 2. The van der Waals surface area contributed by atoms with Crippen molar-refractivity contribution >= 4 is 46.4 Å². The molecule has 8 atom stereocenters. The third kappa shape index (κ3) is 2.98. The average molecular weight is 539 g/mol. The Morgan fingerprint density at radius 2 is 0.900 bits per heavy atom. The van der Waals surface area contributed by atoms with Gasteiger partial charge in [-0.15, -0.1) is 0 Å². The summed E-state index contributed by atoms with van der Waals surface area (Å²) in [6.45, 7) is 3.30. The molecule has 2 aromatic rings. The number of rotatable bonds is 4. The molecule has 2 aromatic carbocycles. The minimum Gasteiger partial charge on any atom is -0.411 e. The van der Waals surface area contributed by atoms with Crippen molar-refractivity contribution in [3.8, 4) is 0 Å². The van der Waals surface area contributed by atoms with Gasteiger partial charge in [-0.05, 0) is 72.9 Å². The monoisotopic (exact) mass is 538 g/mol. The van der Waals surface area contributed by atoms with Crippen LogP contribution in [0, 0.1) is 47.3 Å². The molecule has 10 heteroatoms. The second kappa shape index (κ2) is 8.45. The molecule has 10 nitrogen and oxygen atoms in total. The standard InChI is InChI=1S/C30H26N4O6/c1-13(31-39)15-3-7-17(8-4-15)33-27(35)23-19-11-12-20(24(23)28(33)36)22-21(19)25-26(22)30(38)34(29(25)37)18-9-5-16(6-10-18)14(2)32-40/h3-12,19-26,39-40H,1-2H3/b31-13+,32-14-/t19-,20+,21+,22-,23+,24-,25+,26-. The second-order valence-corrected chi connectivity index (χ2v) is 11.3. The molecule has 2 N–H and O–H groups in total. The van der Waals surface area contributed by atoms with Crippen molar-refractivity contribution in [2.45, 2.75) is 13.8 Å². The molecule has 0 aromatic heterocycles. The Bertz CT molecular complexity index is 1520. The summed E-state index contributed by atoms with van der Waals surface area (Å²) >= 11 is 0. The molecular formula is C30H26N4O6. The highest BCUT2D eigenvalue weighted by atomic mass is 16.4. The van der Waals surface area contributed by atoms with E-state index in [2.05, 4.69) is 10.3 Å². The van der Waals surface area contributed by atoms with E-state index < -0.39 is 23.7 Å². The van der Waals surface area contributed by atoms with Crippen LogP contribution in [0.1, 0.15) is 25.0 Å². The summed E-state index contributed by atoms with van der Waals surface area (Å²) in [4.78, 5) is 57.3. The number of allylic oxidation sites excluding steroid dienone is 2. The van der Waals surface area contributed by atoms with Gasteiger partial charge in [0, 0.05) is 0 Å². The maximum absolute atomic E-state index is 13.7. The van der Waals surface area contributed by atoms with E-state index in [0.29, 0.717) is 33.9 Å². The van der Waals surface area contributed by atoms with Gasteiger partial charge in [-0.2, -0.15) is 0 Å². The van der Waals surface area contributed by atoms with Gasteiger partial charge in [-0.3, -0.25) is 29.0 Å². The molecule has 4 fully saturated rings. The van der Waals surface area contributed by atoms with Gasteiger partial charge < -0.3 is 10.4 Å². The number of anilines is 2. The first-order chi connectivity index (χ1) is 19.3. The van der Waals surface area contributed by atoms with Crippen molar-refractivity contribution in [3.63, 3.8) is 0 Å². The van der Waals surface area contributed by atoms with E-state index in [0.717, 1.165) is 0 Å². The van der Waals surface area contributed by atoms with Crippen molar-refractivity contribution < 1.29 is 29.6 Å². The summed E-state index contributed by atoms with van der Waals surface area (Å²) in [6, 6.07) is 13.5. The van der Waals surface area contributed by atoms with Gasteiger partial charge in [0.2, 0.25) is 23.6 Å². The van der Waals surface area contributed by atoms with Crippen molar-refractivity contribution in [1.29, 1.82) is 0 Å². The minimum absolute atomic E-state index is 0.173. The zero-order chi connectivity index (χ0) is 28.0. The molecule has 8 rings (SSSR count).